The van der Waals surface area contributed by atoms with E-state index in [9.17, 15) is 4.79 Å². The number of nitrogens with zero attached hydrogens (tertiary/aromatic N) is 3. The molecular formula is C11H18N4OS. The Balaban J connectivity index is 2.18. The Morgan fingerprint density at radius 1 is 1.47 bits per heavy atom. The zero-order valence-corrected chi connectivity index (χ0v) is 11.3. The van der Waals surface area contributed by atoms with Crippen molar-refractivity contribution in [2.45, 2.75) is 19.9 Å². The summed E-state index contributed by atoms with van der Waals surface area (Å²) in [7, 11) is 1.83. The van der Waals surface area contributed by atoms with Crippen LogP contribution in [0.15, 0.2) is 0 Å². The van der Waals surface area contributed by atoms with Gasteiger partial charge in [-0.25, -0.2) is 4.98 Å². The van der Waals surface area contributed by atoms with Gasteiger partial charge in [-0.05, 0) is 13.8 Å². The molecule has 1 aromatic rings. The molecule has 0 radical (unpaired) electrons. The van der Waals surface area contributed by atoms with E-state index in [-0.39, 0.29) is 11.9 Å². The van der Waals surface area contributed by atoms with Crippen LogP contribution in [0.2, 0.25) is 0 Å². The first-order valence-electron chi connectivity index (χ1n) is 5.71. The van der Waals surface area contributed by atoms with Crippen LogP contribution in [0.1, 0.15) is 23.5 Å². The van der Waals surface area contributed by atoms with Gasteiger partial charge in [0.1, 0.15) is 0 Å². The SMILES string of the molecule is Cc1nc(N2CCN(C)C(=O)C2)sc1C(C)N. The summed E-state index contributed by atoms with van der Waals surface area (Å²) in [5.74, 6) is 0.145. The second-order valence-electron chi connectivity index (χ2n) is 4.47. The van der Waals surface area contributed by atoms with Crippen LogP contribution in [0, 0.1) is 6.92 Å². The Hall–Kier alpha value is -1.14. The maximum absolute atomic E-state index is 11.6. The molecule has 2 heterocycles. The highest BCUT2D eigenvalue weighted by Crippen LogP contribution is 2.30. The topological polar surface area (TPSA) is 62.5 Å². The Bertz CT molecular complexity index is 429. The number of rotatable bonds is 2. The lowest BCUT2D eigenvalue weighted by molar-refractivity contribution is -0.129. The Kier molecular flexibility index (Phi) is 3.35. The summed E-state index contributed by atoms with van der Waals surface area (Å²) in [6, 6.07) is 0.00409. The number of carbonyl (C=O) groups is 1. The fraction of sp³-hybridized carbons (Fsp3) is 0.636. The van der Waals surface area contributed by atoms with Crippen molar-refractivity contribution in [2.24, 2.45) is 5.73 Å². The van der Waals surface area contributed by atoms with Crippen LogP contribution in [-0.2, 0) is 4.79 Å². The van der Waals surface area contributed by atoms with Gasteiger partial charge in [-0.1, -0.05) is 0 Å². The first-order valence-corrected chi connectivity index (χ1v) is 6.52. The summed E-state index contributed by atoms with van der Waals surface area (Å²) in [4.78, 5) is 21.0. The minimum atomic E-state index is 0.00409. The summed E-state index contributed by atoms with van der Waals surface area (Å²) in [5, 5.41) is 0.913. The molecule has 1 saturated heterocycles. The number of hydrogen-bond acceptors (Lipinski definition) is 5. The lowest BCUT2D eigenvalue weighted by atomic mass is 10.2. The molecule has 5 nitrogen and oxygen atoms in total. The van der Waals surface area contributed by atoms with E-state index >= 15 is 0 Å². The maximum Gasteiger partial charge on any atom is 0.241 e. The number of amides is 1. The van der Waals surface area contributed by atoms with Crippen LogP contribution in [0.3, 0.4) is 0 Å². The van der Waals surface area contributed by atoms with Crippen LogP contribution >= 0.6 is 11.3 Å². The van der Waals surface area contributed by atoms with Gasteiger partial charge in [-0.3, -0.25) is 4.79 Å². The minimum absolute atomic E-state index is 0.00409. The summed E-state index contributed by atoms with van der Waals surface area (Å²) in [6.07, 6.45) is 0. The van der Waals surface area contributed by atoms with Gasteiger partial charge in [-0.15, -0.1) is 11.3 Å². The molecule has 0 bridgehead atoms. The number of aromatic nitrogens is 1. The van der Waals surface area contributed by atoms with Crippen LogP contribution < -0.4 is 10.6 Å². The number of carbonyl (C=O) groups excluding carboxylic acids is 1. The molecule has 1 amide bonds. The van der Waals surface area contributed by atoms with Crippen LogP contribution in [0.5, 0.6) is 0 Å². The average molecular weight is 254 g/mol. The molecule has 0 saturated carbocycles. The normalized spacial score (nSPS) is 18.7. The predicted molar refractivity (Wildman–Crippen MR) is 69.3 cm³/mol. The first kappa shape index (κ1) is 12.3. The van der Waals surface area contributed by atoms with Crippen molar-refractivity contribution in [3.8, 4) is 0 Å². The molecule has 1 aromatic heterocycles. The second-order valence-corrected chi connectivity index (χ2v) is 5.48. The molecule has 94 valence electrons. The predicted octanol–water partition coefficient (Wildman–Crippen LogP) is 0.750. The van der Waals surface area contributed by atoms with Gasteiger partial charge in [-0.2, -0.15) is 0 Å². The Morgan fingerprint density at radius 3 is 2.71 bits per heavy atom. The van der Waals surface area contributed by atoms with Gasteiger partial charge >= 0.3 is 0 Å². The highest BCUT2D eigenvalue weighted by molar-refractivity contribution is 7.15. The molecular weight excluding hydrogens is 236 g/mol. The third-order valence-corrected chi connectivity index (χ3v) is 4.38. The van der Waals surface area contributed by atoms with E-state index in [4.69, 9.17) is 5.73 Å². The molecule has 0 aromatic carbocycles. The van der Waals surface area contributed by atoms with Crippen molar-refractivity contribution in [1.29, 1.82) is 0 Å². The molecule has 6 heteroatoms. The third-order valence-electron chi connectivity index (χ3n) is 2.96. The van der Waals surface area contributed by atoms with Crippen LogP contribution in [0.4, 0.5) is 5.13 Å². The number of piperazine rings is 1. The second kappa shape index (κ2) is 4.62. The van der Waals surface area contributed by atoms with E-state index in [0.717, 1.165) is 28.8 Å². The Morgan fingerprint density at radius 2 is 2.18 bits per heavy atom. The molecule has 2 rings (SSSR count). The fourth-order valence-electron chi connectivity index (χ4n) is 1.87. The molecule has 1 unspecified atom stereocenters. The summed E-state index contributed by atoms with van der Waals surface area (Å²) in [6.45, 7) is 5.94. The first-order chi connectivity index (χ1) is 7.99. The number of aryl methyl sites for hydroxylation is 1. The quantitative estimate of drug-likeness (QED) is 0.846. The van der Waals surface area contributed by atoms with Crippen molar-refractivity contribution in [3.05, 3.63) is 10.6 Å². The van der Waals surface area contributed by atoms with Crippen molar-refractivity contribution < 1.29 is 4.79 Å². The van der Waals surface area contributed by atoms with Crippen molar-refractivity contribution >= 4 is 22.4 Å². The van der Waals surface area contributed by atoms with E-state index in [2.05, 4.69) is 4.98 Å². The number of anilines is 1. The monoisotopic (exact) mass is 254 g/mol. The van der Waals surface area contributed by atoms with E-state index < -0.39 is 0 Å². The van der Waals surface area contributed by atoms with E-state index in [1.807, 2.05) is 25.8 Å². The lowest BCUT2D eigenvalue weighted by Crippen LogP contribution is -2.48. The number of hydrogen-bond donors (Lipinski definition) is 1. The van der Waals surface area contributed by atoms with Gasteiger partial charge in [0.15, 0.2) is 5.13 Å². The van der Waals surface area contributed by atoms with E-state index in [1.54, 1.807) is 16.2 Å². The average Bonchev–Trinajstić information content (AvgIpc) is 2.64. The van der Waals surface area contributed by atoms with Gasteiger partial charge < -0.3 is 15.5 Å². The maximum atomic E-state index is 11.6. The van der Waals surface area contributed by atoms with Gasteiger partial charge in [0.25, 0.3) is 0 Å². The van der Waals surface area contributed by atoms with Gasteiger partial charge in [0, 0.05) is 31.1 Å². The zero-order chi connectivity index (χ0) is 12.6. The minimum Gasteiger partial charge on any atom is -0.342 e. The van der Waals surface area contributed by atoms with Crippen LogP contribution in [-0.4, -0.2) is 42.5 Å². The van der Waals surface area contributed by atoms with Crippen molar-refractivity contribution in [3.63, 3.8) is 0 Å². The molecule has 1 aliphatic rings. The van der Waals surface area contributed by atoms with Crippen LogP contribution in [0.25, 0.3) is 0 Å². The molecule has 0 spiro atoms. The summed E-state index contributed by atoms with van der Waals surface area (Å²) in [5.41, 5.74) is 6.86. The summed E-state index contributed by atoms with van der Waals surface area (Å²) < 4.78 is 0. The smallest absolute Gasteiger partial charge is 0.241 e. The molecule has 1 atom stereocenters. The van der Waals surface area contributed by atoms with Crippen molar-refractivity contribution in [2.75, 3.05) is 31.6 Å². The fourth-order valence-corrected chi connectivity index (χ4v) is 2.92. The zero-order valence-electron chi connectivity index (χ0n) is 10.4. The number of thiazole rings is 1. The standard InChI is InChI=1S/C11H18N4OS/c1-7(12)10-8(2)13-11(17-10)15-5-4-14(3)9(16)6-15/h7H,4-6,12H2,1-3H3. The molecule has 2 N–H and O–H groups in total. The number of nitrogens with two attached hydrogens (primary N) is 1. The lowest BCUT2D eigenvalue weighted by Gasteiger charge is -2.31. The molecule has 1 aliphatic heterocycles. The van der Waals surface area contributed by atoms with Crippen molar-refractivity contribution in [1.82, 2.24) is 9.88 Å². The molecule has 17 heavy (non-hydrogen) atoms. The largest absolute Gasteiger partial charge is 0.342 e. The number of likely N-dealkylation sites (N-methyl/N-ethyl adjacent to an activating group) is 1. The highest BCUT2D eigenvalue weighted by atomic mass is 32.1. The van der Waals surface area contributed by atoms with E-state index in [1.165, 1.54) is 0 Å². The molecule has 1 fully saturated rings. The van der Waals surface area contributed by atoms with Gasteiger partial charge in [0.2, 0.25) is 5.91 Å². The van der Waals surface area contributed by atoms with Gasteiger partial charge in [0.05, 0.1) is 12.2 Å². The Labute approximate surface area is 105 Å². The highest BCUT2D eigenvalue weighted by Gasteiger charge is 2.24. The third kappa shape index (κ3) is 2.42. The molecule has 0 aliphatic carbocycles. The van der Waals surface area contributed by atoms with E-state index in [0.29, 0.717) is 6.54 Å². The summed E-state index contributed by atoms with van der Waals surface area (Å²) >= 11 is 1.60.